The predicted octanol–water partition coefficient (Wildman–Crippen LogP) is 3.54. The first-order valence-electron chi connectivity index (χ1n) is 7.87. The first-order chi connectivity index (χ1) is 9.72. The molecule has 20 heavy (non-hydrogen) atoms. The fraction of sp³-hybridized carbons (Fsp3) is 0.647. The standard InChI is InChI=1S/C17H27NO2/c1-3-15(18)10-14-8-9-16(17(11-14)19-4-2)20-12-13-6-5-7-13/h8-9,11,13,15H,3-7,10,12,18H2,1-2H3. The zero-order valence-electron chi connectivity index (χ0n) is 12.7. The number of nitrogens with two attached hydrogens (primary N) is 1. The van der Waals surface area contributed by atoms with Crippen molar-refractivity contribution >= 4 is 0 Å². The lowest BCUT2D eigenvalue weighted by Crippen LogP contribution is -2.21. The number of hydrogen-bond donors (Lipinski definition) is 1. The second-order valence-corrected chi connectivity index (χ2v) is 5.69. The molecule has 2 N–H and O–H groups in total. The molecule has 1 aliphatic rings. The van der Waals surface area contributed by atoms with Crippen LogP contribution in [0, 0.1) is 5.92 Å². The van der Waals surface area contributed by atoms with Crippen molar-refractivity contribution in [1.29, 1.82) is 0 Å². The van der Waals surface area contributed by atoms with Gasteiger partial charge in [0.2, 0.25) is 0 Å². The number of ether oxygens (including phenoxy) is 2. The topological polar surface area (TPSA) is 44.5 Å². The van der Waals surface area contributed by atoms with Crippen LogP contribution in [0.15, 0.2) is 18.2 Å². The maximum atomic E-state index is 6.02. The van der Waals surface area contributed by atoms with Crippen molar-refractivity contribution in [2.45, 2.75) is 52.0 Å². The lowest BCUT2D eigenvalue weighted by molar-refractivity contribution is 0.174. The van der Waals surface area contributed by atoms with E-state index in [-0.39, 0.29) is 6.04 Å². The SMILES string of the molecule is CCOc1cc(CC(N)CC)ccc1OCC1CCC1. The molecule has 0 heterocycles. The molecule has 3 nitrogen and oxygen atoms in total. The average molecular weight is 277 g/mol. The fourth-order valence-electron chi connectivity index (χ4n) is 2.38. The van der Waals surface area contributed by atoms with Crippen LogP contribution in [-0.2, 0) is 6.42 Å². The highest BCUT2D eigenvalue weighted by molar-refractivity contribution is 5.43. The van der Waals surface area contributed by atoms with Crippen LogP contribution in [-0.4, -0.2) is 19.3 Å². The molecule has 1 saturated carbocycles. The maximum Gasteiger partial charge on any atom is 0.161 e. The molecule has 112 valence electrons. The molecule has 2 rings (SSSR count). The highest BCUT2D eigenvalue weighted by atomic mass is 16.5. The van der Waals surface area contributed by atoms with Gasteiger partial charge in [0.1, 0.15) is 0 Å². The fourth-order valence-corrected chi connectivity index (χ4v) is 2.38. The lowest BCUT2D eigenvalue weighted by Gasteiger charge is -2.25. The third-order valence-electron chi connectivity index (χ3n) is 4.03. The highest BCUT2D eigenvalue weighted by Crippen LogP contribution is 2.32. The van der Waals surface area contributed by atoms with Crippen molar-refractivity contribution < 1.29 is 9.47 Å². The molecular formula is C17H27NO2. The van der Waals surface area contributed by atoms with Gasteiger partial charge in [-0.15, -0.1) is 0 Å². The molecule has 1 atom stereocenters. The van der Waals surface area contributed by atoms with Gasteiger partial charge in [-0.1, -0.05) is 19.4 Å². The summed E-state index contributed by atoms with van der Waals surface area (Å²) in [6.07, 6.45) is 5.82. The Balaban J connectivity index is 2.01. The number of rotatable bonds is 8. The van der Waals surface area contributed by atoms with E-state index in [9.17, 15) is 0 Å². The molecule has 0 saturated heterocycles. The lowest BCUT2D eigenvalue weighted by atomic mass is 9.86. The Hall–Kier alpha value is -1.22. The van der Waals surface area contributed by atoms with Crippen LogP contribution in [0.5, 0.6) is 11.5 Å². The number of hydrogen-bond acceptors (Lipinski definition) is 3. The van der Waals surface area contributed by atoms with E-state index in [1.807, 2.05) is 13.0 Å². The molecule has 1 aromatic rings. The molecule has 0 aromatic heterocycles. The van der Waals surface area contributed by atoms with Crippen LogP contribution < -0.4 is 15.2 Å². The summed E-state index contributed by atoms with van der Waals surface area (Å²) >= 11 is 0. The smallest absolute Gasteiger partial charge is 0.161 e. The van der Waals surface area contributed by atoms with Crippen LogP contribution in [0.1, 0.15) is 45.1 Å². The highest BCUT2D eigenvalue weighted by Gasteiger charge is 2.19. The molecular weight excluding hydrogens is 250 g/mol. The van der Waals surface area contributed by atoms with E-state index in [0.29, 0.717) is 6.61 Å². The van der Waals surface area contributed by atoms with Crippen LogP contribution in [0.3, 0.4) is 0 Å². The predicted molar refractivity (Wildman–Crippen MR) is 82.4 cm³/mol. The molecule has 0 amide bonds. The van der Waals surface area contributed by atoms with Crippen molar-refractivity contribution in [2.24, 2.45) is 11.7 Å². The Labute approximate surface area is 122 Å². The first kappa shape index (κ1) is 15.2. The van der Waals surface area contributed by atoms with Gasteiger partial charge < -0.3 is 15.2 Å². The average Bonchev–Trinajstić information content (AvgIpc) is 2.39. The van der Waals surface area contributed by atoms with Crippen molar-refractivity contribution in [3.8, 4) is 11.5 Å². The molecule has 0 radical (unpaired) electrons. The summed E-state index contributed by atoms with van der Waals surface area (Å²) < 4.78 is 11.6. The molecule has 0 spiro atoms. The van der Waals surface area contributed by atoms with Gasteiger partial charge in [0.05, 0.1) is 13.2 Å². The second kappa shape index (κ2) is 7.53. The summed E-state index contributed by atoms with van der Waals surface area (Å²) in [5, 5.41) is 0. The third kappa shape index (κ3) is 4.14. The molecule has 3 heteroatoms. The van der Waals surface area contributed by atoms with Crippen molar-refractivity contribution in [3.05, 3.63) is 23.8 Å². The second-order valence-electron chi connectivity index (χ2n) is 5.69. The zero-order chi connectivity index (χ0) is 14.4. The summed E-state index contributed by atoms with van der Waals surface area (Å²) in [6, 6.07) is 6.43. The van der Waals surface area contributed by atoms with E-state index < -0.39 is 0 Å². The Morgan fingerprint density at radius 1 is 1.20 bits per heavy atom. The summed E-state index contributed by atoms with van der Waals surface area (Å²) in [5.74, 6) is 2.46. The van der Waals surface area contributed by atoms with Crippen molar-refractivity contribution in [3.63, 3.8) is 0 Å². The summed E-state index contributed by atoms with van der Waals surface area (Å²) in [4.78, 5) is 0. The Kier molecular flexibility index (Phi) is 5.72. The van der Waals surface area contributed by atoms with E-state index in [1.54, 1.807) is 0 Å². The largest absolute Gasteiger partial charge is 0.490 e. The van der Waals surface area contributed by atoms with Crippen LogP contribution in [0.25, 0.3) is 0 Å². The van der Waals surface area contributed by atoms with E-state index >= 15 is 0 Å². The molecule has 0 aliphatic heterocycles. The van der Waals surface area contributed by atoms with E-state index in [0.717, 1.165) is 36.9 Å². The van der Waals surface area contributed by atoms with Crippen molar-refractivity contribution in [1.82, 2.24) is 0 Å². The summed E-state index contributed by atoms with van der Waals surface area (Å²) in [5.41, 5.74) is 7.24. The molecule has 1 unspecified atom stereocenters. The van der Waals surface area contributed by atoms with E-state index in [4.69, 9.17) is 15.2 Å². The zero-order valence-corrected chi connectivity index (χ0v) is 12.7. The van der Waals surface area contributed by atoms with Gasteiger partial charge in [-0.3, -0.25) is 0 Å². The minimum Gasteiger partial charge on any atom is -0.490 e. The van der Waals surface area contributed by atoms with E-state index in [1.165, 1.54) is 24.8 Å². The minimum atomic E-state index is 0.214. The van der Waals surface area contributed by atoms with Gasteiger partial charge in [0, 0.05) is 6.04 Å². The summed E-state index contributed by atoms with van der Waals surface area (Å²) in [6.45, 7) is 5.58. The summed E-state index contributed by atoms with van der Waals surface area (Å²) in [7, 11) is 0. The molecule has 0 bridgehead atoms. The van der Waals surface area contributed by atoms with Crippen LogP contribution in [0.2, 0.25) is 0 Å². The van der Waals surface area contributed by atoms with Gasteiger partial charge in [-0.05, 0) is 56.2 Å². The van der Waals surface area contributed by atoms with Gasteiger partial charge in [-0.2, -0.15) is 0 Å². The monoisotopic (exact) mass is 277 g/mol. The Bertz CT molecular complexity index is 415. The van der Waals surface area contributed by atoms with Gasteiger partial charge in [0.25, 0.3) is 0 Å². The van der Waals surface area contributed by atoms with Crippen LogP contribution >= 0.6 is 0 Å². The van der Waals surface area contributed by atoms with Gasteiger partial charge in [-0.25, -0.2) is 0 Å². The Morgan fingerprint density at radius 3 is 2.60 bits per heavy atom. The van der Waals surface area contributed by atoms with Crippen molar-refractivity contribution in [2.75, 3.05) is 13.2 Å². The maximum absolute atomic E-state index is 6.02. The first-order valence-corrected chi connectivity index (χ1v) is 7.87. The normalized spacial score (nSPS) is 16.6. The quantitative estimate of drug-likeness (QED) is 0.790. The Morgan fingerprint density at radius 2 is 2.00 bits per heavy atom. The minimum absolute atomic E-state index is 0.214. The molecule has 1 fully saturated rings. The molecule has 1 aliphatic carbocycles. The number of benzene rings is 1. The third-order valence-corrected chi connectivity index (χ3v) is 4.03. The van der Waals surface area contributed by atoms with Gasteiger partial charge in [0.15, 0.2) is 11.5 Å². The van der Waals surface area contributed by atoms with Gasteiger partial charge >= 0.3 is 0 Å². The van der Waals surface area contributed by atoms with Crippen LogP contribution in [0.4, 0.5) is 0 Å². The molecule has 1 aromatic carbocycles. The van der Waals surface area contributed by atoms with E-state index in [2.05, 4.69) is 19.1 Å².